The van der Waals surface area contributed by atoms with Crippen LogP contribution in [0.3, 0.4) is 0 Å². The van der Waals surface area contributed by atoms with E-state index < -0.39 is 12.0 Å². The van der Waals surface area contributed by atoms with Crippen LogP contribution >= 0.6 is 0 Å². The molecule has 1 aromatic heterocycles. The lowest BCUT2D eigenvalue weighted by atomic mass is 10.3. The quantitative estimate of drug-likeness (QED) is 0.625. The van der Waals surface area contributed by atoms with Crippen LogP contribution in [0.5, 0.6) is 0 Å². The van der Waals surface area contributed by atoms with Crippen molar-refractivity contribution < 1.29 is 19.2 Å². The number of methoxy groups -OCH3 is 1. The van der Waals surface area contributed by atoms with Gasteiger partial charge in [-0.1, -0.05) is 5.16 Å². The average molecular weight is 201 g/mol. The third kappa shape index (κ3) is 3.11. The van der Waals surface area contributed by atoms with Gasteiger partial charge in [-0.05, 0) is 0 Å². The standard InChI is InChI=1S/C7H11N3O4/c1-13-3-5(7(11)12)8-2-6-9-4-14-10-6/h4-5,8H,2-3H2,1H3,(H,11,12). The summed E-state index contributed by atoms with van der Waals surface area (Å²) in [6, 6.07) is -0.765. The van der Waals surface area contributed by atoms with Crippen LogP contribution in [0.15, 0.2) is 10.9 Å². The Kier molecular flexibility index (Phi) is 4.02. The Balaban J connectivity index is 2.37. The molecular weight excluding hydrogens is 190 g/mol. The van der Waals surface area contributed by atoms with Crippen LogP contribution in [0, 0.1) is 0 Å². The van der Waals surface area contributed by atoms with Crippen molar-refractivity contribution in [3.05, 3.63) is 12.2 Å². The maximum absolute atomic E-state index is 10.6. The molecule has 1 heterocycles. The molecule has 0 spiro atoms. The van der Waals surface area contributed by atoms with E-state index in [0.29, 0.717) is 5.82 Å². The number of carbonyl (C=O) groups is 1. The zero-order valence-corrected chi connectivity index (χ0v) is 7.64. The van der Waals surface area contributed by atoms with Crippen LogP contribution < -0.4 is 5.32 Å². The molecule has 0 amide bonds. The van der Waals surface area contributed by atoms with Gasteiger partial charge in [-0.25, -0.2) is 0 Å². The van der Waals surface area contributed by atoms with Crippen LogP contribution in [-0.2, 0) is 16.1 Å². The Hall–Kier alpha value is -1.47. The van der Waals surface area contributed by atoms with Crippen LogP contribution in [-0.4, -0.2) is 41.0 Å². The van der Waals surface area contributed by atoms with E-state index in [9.17, 15) is 4.79 Å². The van der Waals surface area contributed by atoms with Crippen molar-refractivity contribution >= 4 is 5.97 Å². The molecule has 0 aliphatic rings. The second-order valence-corrected chi connectivity index (χ2v) is 2.57. The molecule has 0 bridgehead atoms. The molecular formula is C7H11N3O4. The molecule has 0 fully saturated rings. The third-order valence-electron chi connectivity index (χ3n) is 1.54. The fraction of sp³-hybridized carbons (Fsp3) is 0.571. The van der Waals surface area contributed by atoms with Gasteiger partial charge < -0.3 is 14.4 Å². The van der Waals surface area contributed by atoms with Gasteiger partial charge in [0.2, 0.25) is 6.39 Å². The Morgan fingerprint density at radius 2 is 2.64 bits per heavy atom. The number of aromatic nitrogens is 2. The van der Waals surface area contributed by atoms with Gasteiger partial charge in [0.05, 0.1) is 13.2 Å². The number of hydrogen-bond donors (Lipinski definition) is 2. The number of aliphatic carboxylic acids is 1. The van der Waals surface area contributed by atoms with E-state index in [1.807, 2.05) is 0 Å². The molecule has 1 aromatic rings. The highest BCUT2D eigenvalue weighted by Gasteiger charge is 2.16. The van der Waals surface area contributed by atoms with Crippen molar-refractivity contribution in [2.75, 3.05) is 13.7 Å². The van der Waals surface area contributed by atoms with E-state index in [1.54, 1.807) is 0 Å². The van der Waals surface area contributed by atoms with Crippen LogP contribution in [0.25, 0.3) is 0 Å². The number of carboxylic acid groups (broad SMARTS) is 1. The predicted molar refractivity (Wildman–Crippen MR) is 44.4 cm³/mol. The summed E-state index contributed by atoms with van der Waals surface area (Å²) < 4.78 is 9.22. The highest BCUT2D eigenvalue weighted by atomic mass is 16.5. The molecule has 14 heavy (non-hydrogen) atoms. The van der Waals surface area contributed by atoms with E-state index in [2.05, 4.69) is 20.0 Å². The number of ether oxygens (including phenoxy) is 1. The zero-order chi connectivity index (χ0) is 10.4. The highest BCUT2D eigenvalue weighted by molar-refractivity contribution is 5.73. The second-order valence-electron chi connectivity index (χ2n) is 2.57. The van der Waals surface area contributed by atoms with Crippen molar-refractivity contribution in [2.45, 2.75) is 12.6 Å². The van der Waals surface area contributed by atoms with Gasteiger partial charge in [0.25, 0.3) is 0 Å². The first-order valence-electron chi connectivity index (χ1n) is 3.94. The van der Waals surface area contributed by atoms with Gasteiger partial charge in [-0.15, -0.1) is 0 Å². The van der Waals surface area contributed by atoms with Gasteiger partial charge in [0.1, 0.15) is 6.04 Å². The number of nitrogens with one attached hydrogen (secondary N) is 1. The monoisotopic (exact) mass is 201 g/mol. The summed E-state index contributed by atoms with van der Waals surface area (Å²) in [6.07, 6.45) is 1.18. The molecule has 7 heteroatoms. The molecule has 1 rings (SSSR count). The number of rotatable bonds is 6. The number of carboxylic acids is 1. The number of nitrogens with zero attached hydrogens (tertiary/aromatic N) is 2. The minimum absolute atomic E-state index is 0.0905. The van der Waals surface area contributed by atoms with Crippen molar-refractivity contribution in [2.24, 2.45) is 0 Å². The van der Waals surface area contributed by atoms with Crippen LogP contribution in [0.1, 0.15) is 5.82 Å². The third-order valence-corrected chi connectivity index (χ3v) is 1.54. The maximum atomic E-state index is 10.6. The molecule has 0 aliphatic carbocycles. The smallest absolute Gasteiger partial charge is 0.323 e. The summed E-state index contributed by atoms with van der Waals surface area (Å²) in [7, 11) is 1.44. The summed E-state index contributed by atoms with van der Waals surface area (Å²) in [5, 5.41) is 15.0. The zero-order valence-electron chi connectivity index (χ0n) is 7.64. The van der Waals surface area contributed by atoms with E-state index in [4.69, 9.17) is 9.84 Å². The summed E-state index contributed by atoms with van der Waals surface area (Å²) in [6.45, 7) is 0.323. The molecule has 0 saturated heterocycles. The molecule has 1 atom stereocenters. The van der Waals surface area contributed by atoms with Gasteiger partial charge in [0, 0.05) is 7.11 Å². The minimum atomic E-state index is -0.977. The van der Waals surface area contributed by atoms with Crippen LogP contribution in [0.2, 0.25) is 0 Å². The highest BCUT2D eigenvalue weighted by Crippen LogP contribution is 1.91. The predicted octanol–water partition coefficient (Wildman–Crippen LogP) is -0.741. The number of hydrogen-bond acceptors (Lipinski definition) is 6. The van der Waals surface area contributed by atoms with E-state index in [0.717, 1.165) is 0 Å². The van der Waals surface area contributed by atoms with E-state index >= 15 is 0 Å². The first-order chi connectivity index (χ1) is 6.74. The van der Waals surface area contributed by atoms with Crippen molar-refractivity contribution in [1.29, 1.82) is 0 Å². The lowest BCUT2D eigenvalue weighted by Crippen LogP contribution is -2.40. The second kappa shape index (κ2) is 5.30. The lowest BCUT2D eigenvalue weighted by molar-refractivity contribution is -0.140. The topological polar surface area (TPSA) is 97.5 Å². The summed E-state index contributed by atoms with van der Waals surface area (Å²) in [5.41, 5.74) is 0. The molecule has 1 unspecified atom stereocenters. The molecule has 7 nitrogen and oxygen atoms in total. The average Bonchev–Trinajstić information content (AvgIpc) is 2.64. The SMILES string of the molecule is COCC(NCc1ncon1)C(=O)O. The van der Waals surface area contributed by atoms with Crippen LogP contribution in [0.4, 0.5) is 0 Å². The van der Waals surface area contributed by atoms with Gasteiger partial charge >= 0.3 is 5.97 Å². The summed E-state index contributed by atoms with van der Waals surface area (Å²) in [4.78, 5) is 14.4. The van der Waals surface area contributed by atoms with Crippen molar-refractivity contribution in [3.63, 3.8) is 0 Å². The Morgan fingerprint density at radius 3 is 3.14 bits per heavy atom. The summed E-state index contributed by atoms with van der Waals surface area (Å²) >= 11 is 0. The molecule has 0 aromatic carbocycles. The lowest BCUT2D eigenvalue weighted by Gasteiger charge is -2.11. The maximum Gasteiger partial charge on any atom is 0.323 e. The normalized spacial score (nSPS) is 12.6. The van der Waals surface area contributed by atoms with Gasteiger partial charge in [-0.3, -0.25) is 10.1 Å². The molecule has 0 saturated carbocycles. The molecule has 78 valence electrons. The van der Waals surface area contributed by atoms with Crippen molar-refractivity contribution in [1.82, 2.24) is 15.5 Å². The first kappa shape index (κ1) is 10.6. The minimum Gasteiger partial charge on any atom is -0.480 e. The fourth-order valence-electron chi connectivity index (χ4n) is 0.869. The van der Waals surface area contributed by atoms with Crippen molar-refractivity contribution in [3.8, 4) is 0 Å². The fourth-order valence-corrected chi connectivity index (χ4v) is 0.869. The first-order valence-corrected chi connectivity index (χ1v) is 3.94. The molecule has 2 N–H and O–H groups in total. The van der Waals surface area contributed by atoms with Gasteiger partial charge in [0.15, 0.2) is 5.82 Å². The Labute approximate surface area is 80.1 Å². The largest absolute Gasteiger partial charge is 0.480 e. The van der Waals surface area contributed by atoms with E-state index in [-0.39, 0.29) is 13.2 Å². The molecule has 0 aliphatic heterocycles. The van der Waals surface area contributed by atoms with Gasteiger partial charge in [-0.2, -0.15) is 4.98 Å². The Bertz CT molecular complexity index is 274. The molecule has 0 radical (unpaired) electrons. The summed E-state index contributed by atoms with van der Waals surface area (Å²) in [5.74, 6) is -0.567. The Morgan fingerprint density at radius 1 is 1.86 bits per heavy atom. The van der Waals surface area contributed by atoms with E-state index in [1.165, 1.54) is 13.5 Å².